The van der Waals surface area contributed by atoms with E-state index in [1.165, 1.54) is 0 Å². The van der Waals surface area contributed by atoms with E-state index in [1.54, 1.807) is 0 Å². The van der Waals surface area contributed by atoms with Crippen molar-refractivity contribution in [2.75, 3.05) is 39.8 Å². The summed E-state index contributed by atoms with van der Waals surface area (Å²) < 4.78 is 1.97. The number of halogens is 1. The third-order valence-electron chi connectivity index (χ3n) is 4.17. The van der Waals surface area contributed by atoms with Crippen LogP contribution in [0.2, 0.25) is 0 Å². The zero-order valence-corrected chi connectivity index (χ0v) is 18.9. The first-order valence-electron chi connectivity index (χ1n) is 9.16. The van der Waals surface area contributed by atoms with E-state index in [9.17, 15) is 4.79 Å². The van der Waals surface area contributed by atoms with Gasteiger partial charge in [-0.15, -0.1) is 34.2 Å². The number of aliphatic imine (C=N–C) groups is 1. The third-order valence-corrected chi connectivity index (χ3v) is 4.17. The van der Waals surface area contributed by atoms with Crippen LogP contribution in [-0.2, 0) is 11.2 Å². The van der Waals surface area contributed by atoms with Gasteiger partial charge >= 0.3 is 0 Å². The number of amides is 1. The van der Waals surface area contributed by atoms with Gasteiger partial charge in [-0.2, -0.15) is 0 Å². The first-order valence-corrected chi connectivity index (χ1v) is 9.16. The highest BCUT2D eigenvalue weighted by Crippen LogP contribution is 2.03. The second-order valence-electron chi connectivity index (χ2n) is 5.95. The van der Waals surface area contributed by atoms with E-state index in [4.69, 9.17) is 0 Å². The average molecular weight is 487 g/mol. The highest BCUT2D eigenvalue weighted by molar-refractivity contribution is 14.0. The molecule has 150 valence electrons. The van der Waals surface area contributed by atoms with Crippen LogP contribution in [0.25, 0.3) is 5.65 Å². The molecule has 0 aliphatic carbocycles. The van der Waals surface area contributed by atoms with Crippen LogP contribution in [-0.4, -0.2) is 76.0 Å². The number of carbonyl (C=O) groups is 1. The van der Waals surface area contributed by atoms with E-state index in [2.05, 4.69) is 20.5 Å². The van der Waals surface area contributed by atoms with E-state index in [0.29, 0.717) is 19.5 Å². The first kappa shape index (κ1) is 23.1. The Morgan fingerprint density at radius 2 is 1.96 bits per heavy atom. The molecule has 0 atom stereocenters. The van der Waals surface area contributed by atoms with Crippen molar-refractivity contribution in [3.63, 3.8) is 0 Å². The summed E-state index contributed by atoms with van der Waals surface area (Å²) in [6, 6.07) is 5.83. The van der Waals surface area contributed by atoms with Gasteiger partial charge in [0.15, 0.2) is 11.6 Å². The Morgan fingerprint density at radius 1 is 1.22 bits per heavy atom. The lowest BCUT2D eigenvalue weighted by atomic mass is 10.4. The number of carbonyl (C=O) groups excluding carboxylic acids is 1. The number of rotatable bonds is 8. The molecule has 1 amide bonds. The molecule has 0 aliphatic rings. The zero-order chi connectivity index (χ0) is 18.9. The molecule has 0 unspecified atom stereocenters. The van der Waals surface area contributed by atoms with Gasteiger partial charge in [-0.25, -0.2) is 0 Å². The van der Waals surface area contributed by atoms with Crippen molar-refractivity contribution >= 4 is 41.5 Å². The zero-order valence-electron chi connectivity index (χ0n) is 16.6. The molecule has 0 radical (unpaired) electrons. The van der Waals surface area contributed by atoms with Crippen LogP contribution in [0.15, 0.2) is 29.4 Å². The molecule has 1 N–H and O–H groups in total. The smallest absolute Gasteiger partial charge is 0.242 e. The lowest BCUT2D eigenvalue weighted by molar-refractivity contribution is -0.131. The summed E-state index contributed by atoms with van der Waals surface area (Å²) >= 11 is 0. The van der Waals surface area contributed by atoms with Gasteiger partial charge in [0.05, 0.1) is 6.54 Å². The molecule has 2 heterocycles. The summed E-state index contributed by atoms with van der Waals surface area (Å²) in [6.45, 7) is 9.06. The molecule has 0 aliphatic heterocycles. The Labute approximate surface area is 178 Å². The van der Waals surface area contributed by atoms with E-state index in [0.717, 1.165) is 37.1 Å². The third kappa shape index (κ3) is 6.33. The molecule has 0 fully saturated rings. The minimum atomic E-state index is 0. The van der Waals surface area contributed by atoms with Crippen LogP contribution in [0.1, 0.15) is 26.6 Å². The molecule has 0 saturated heterocycles. The highest BCUT2D eigenvalue weighted by atomic mass is 127. The fourth-order valence-corrected chi connectivity index (χ4v) is 2.75. The van der Waals surface area contributed by atoms with E-state index < -0.39 is 0 Å². The summed E-state index contributed by atoms with van der Waals surface area (Å²) in [5.74, 6) is 1.70. The van der Waals surface area contributed by atoms with Gasteiger partial charge in [0.2, 0.25) is 5.91 Å². The fourth-order valence-electron chi connectivity index (χ4n) is 2.75. The Morgan fingerprint density at radius 3 is 2.63 bits per heavy atom. The largest absolute Gasteiger partial charge is 0.357 e. The van der Waals surface area contributed by atoms with Crippen molar-refractivity contribution in [1.82, 2.24) is 29.7 Å². The summed E-state index contributed by atoms with van der Waals surface area (Å²) in [7, 11) is 1.88. The lowest BCUT2D eigenvalue weighted by Gasteiger charge is -2.25. The van der Waals surface area contributed by atoms with Crippen LogP contribution >= 0.6 is 24.0 Å². The fraction of sp³-hybridized carbons (Fsp3) is 0.556. The molecule has 27 heavy (non-hydrogen) atoms. The van der Waals surface area contributed by atoms with Gasteiger partial charge in [0.1, 0.15) is 5.82 Å². The minimum absolute atomic E-state index is 0. The van der Waals surface area contributed by atoms with E-state index in [1.807, 2.05) is 66.4 Å². The minimum Gasteiger partial charge on any atom is -0.357 e. The molecular formula is C18H30IN7O. The molecule has 0 spiro atoms. The predicted octanol–water partition coefficient (Wildman–Crippen LogP) is 1.66. The maximum atomic E-state index is 12.3. The molecule has 0 aromatic carbocycles. The second kappa shape index (κ2) is 11.7. The Bertz CT molecular complexity index is 742. The number of hydrogen-bond acceptors (Lipinski definition) is 4. The van der Waals surface area contributed by atoms with Gasteiger partial charge in [-0.1, -0.05) is 6.07 Å². The Balaban J connectivity index is 0.00000364. The number of guanidine groups is 1. The highest BCUT2D eigenvalue weighted by Gasteiger charge is 2.15. The topological polar surface area (TPSA) is 78.1 Å². The van der Waals surface area contributed by atoms with Crippen molar-refractivity contribution in [3.05, 3.63) is 30.2 Å². The summed E-state index contributed by atoms with van der Waals surface area (Å²) in [4.78, 5) is 20.6. The molecule has 8 nitrogen and oxygen atoms in total. The SMILES string of the molecule is CCNC(=NCCc1nnc2ccccn12)N(C)CC(=O)N(CC)CC.I. The van der Waals surface area contributed by atoms with Crippen LogP contribution < -0.4 is 5.32 Å². The van der Waals surface area contributed by atoms with Gasteiger partial charge in [-0.3, -0.25) is 14.2 Å². The second-order valence-corrected chi connectivity index (χ2v) is 5.95. The van der Waals surface area contributed by atoms with Crippen LogP contribution in [0.5, 0.6) is 0 Å². The predicted molar refractivity (Wildman–Crippen MR) is 119 cm³/mol. The van der Waals surface area contributed by atoms with Crippen LogP contribution in [0, 0.1) is 0 Å². The monoisotopic (exact) mass is 487 g/mol. The van der Waals surface area contributed by atoms with Gasteiger partial charge in [0.25, 0.3) is 0 Å². The van der Waals surface area contributed by atoms with Crippen molar-refractivity contribution in [2.24, 2.45) is 4.99 Å². The Kier molecular flexibility index (Phi) is 10.0. The maximum Gasteiger partial charge on any atom is 0.242 e. The molecule has 9 heteroatoms. The van der Waals surface area contributed by atoms with Crippen molar-refractivity contribution in [3.8, 4) is 0 Å². The molecule has 2 rings (SSSR count). The molecule has 2 aromatic heterocycles. The number of pyridine rings is 1. The normalized spacial score (nSPS) is 11.2. The number of nitrogens with zero attached hydrogens (tertiary/aromatic N) is 6. The number of likely N-dealkylation sites (N-methyl/N-ethyl adjacent to an activating group) is 2. The number of hydrogen-bond donors (Lipinski definition) is 1. The maximum absolute atomic E-state index is 12.3. The quantitative estimate of drug-likeness (QED) is 0.348. The summed E-state index contributed by atoms with van der Waals surface area (Å²) in [5.41, 5.74) is 0.834. The molecule has 2 aromatic rings. The molecular weight excluding hydrogens is 457 g/mol. The number of aromatic nitrogens is 3. The van der Waals surface area contributed by atoms with E-state index in [-0.39, 0.29) is 29.9 Å². The average Bonchev–Trinajstić information content (AvgIpc) is 3.05. The van der Waals surface area contributed by atoms with Gasteiger partial charge in [0, 0.05) is 45.8 Å². The molecule has 0 saturated carbocycles. The lowest BCUT2D eigenvalue weighted by Crippen LogP contribution is -2.45. The van der Waals surface area contributed by atoms with Crippen LogP contribution in [0.4, 0.5) is 0 Å². The number of fused-ring (bicyclic) bond motifs is 1. The number of nitrogens with one attached hydrogen (secondary N) is 1. The van der Waals surface area contributed by atoms with Crippen molar-refractivity contribution in [2.45, 2.75) is 27.2 Å². The summed E-state index contributed by atoms with van der Waals surface area (Å²) in [6.07, 6.45) is 2.63. The van der Waals surface area contributed by atoms with Gasteiger partial charge < -0.3 is 15.1 Å². The molecule has 0 bridgehead atoms. The Hall–Kier alpha value is -1.91. The first-order chi connectivity index (χ1) is 12.6. The van der Waals surface area contributed by atoms with Crippen molar-refractivity contribution in [1.29, 1.82) is 0 Å². The van der Waals surface area contributed by atoms with Crippen LogP contribution in [0.3, 0.4) is 0 Å². The van der Waals surface area contributed by atoms with E-state index >= 15 is 0 Å². The standard InChI is InChI=1S/C18H29N7O.HI/c1-5-19-18(23(4)14-17(26)24(6-2)7-3)20-12-11-16-22-21-15-10-8-9-13-25(15)16;/h8-10,13H,5-7,11-12,14H2,1-4H3,(H,19,20);1H. The van der Waals surface area contributed by atoms with Crippen molar-refractivity contribution < 1.29 is 4.79 Å². The van der Waals surface area contributed by atoms with Gasteiger partial charge in [-0.05, 0) is 32.9 Å². The summed E-state index contributed by atoms with van der Waals surface area (Å²) in [5, 5.41) is 11.6.